The number of alkyl carbamates (subject to hydrolysis) is 1. The van der Waals surface area contributed by atoms with Crippen molar-refractivity contribution in [1.29, 1.82) is 0 Å². The SMILES string of the molecule is CC(=O)c1c(C)c(Br)nn1CCNC(=O)OC(C)(C)C. The second-order valence-corrected chi connectivity index (χ2v) is 6.22. The van der Waals surface area contributed by atoms with Gasteiger partial charge in [-0.1, -0.05) is 0 Å². The largest absolute Gasteiger partial charge is 0.444 e. The van der Waals surface area contributed by atoms with Gasteiger partial charge in [-0.3, -0.25) is 9.48 Å². The van der Waals surface area contributed by atoms with Crippen LogP contribution in [0, 0.1) is 6.92 Å². The number of nitrogens with zero attached hydrogens (tertiary/aromatic N) is 2. The zero-order valence-corrected chi connectivity index (χ0v) is 14.0. The van der Waals surface area contributed by atoms with E-state index in [2.05, 4.69) is 26.3 Å². The third kappa shape index (κ3) is 4.63. The average molecular weight is 346 g/mol. The number of ether oxygens (including phenoxy) is 1. The Morgan fingerprint density at radius 1 is 1.40 bits per heavy atom. The van der Waals surface area contributed by atoms with E-state index in [1.807, 2.05) is 6.92 Å². The summed E-state index contributed by atoms with van der Waals surface area (Å²) in [6.07, 6.45) is -0.482. The van der Waals surface area contributed by atoms with Crippen molar-refractivity contribution in [3.05, 3.63) is 15.9 Å². The first-order valence-corrected chi connectivity index (χ1v) is 7.12. The van der Waals surface area contributed by atoms with Gasteiger partial charge in [0.1, 0.15) is 15.9 Å². The maximum atomic E-state index is 11.6. The number of Topliss-reactive ketones (excluding diaryl/α,β-unsaturated/α-hetero) is 1. The minimum atomic E-state index is -0.528. The molecule has 0 bridgehead atoms. The van der Waals surface area contributed by atoms with E-state index in [1.165, 1.54) is 6.92 Å². The number of hydrogen-bond donors (Lipinski definition) is 1. The highest BCUT2D eigenvalue weighted by molar-refractivity contribution is 9.10. The molecular formula is C13H20BrN3O3. The van der Waals surface area contributed by atoms with E-state index in [4.69, 9.17) is 4.74 Å². The van der Waals surface area contributed by atoms with Crippen LogP contribution in [0.1, 0.15) is 43.7 Å². The molecule has 1 aromatic heterocycles. The Morgan fingerprint density at radius 2 is 2.00 bits per heavy atom. The molecule has 0 unspecified atom stereocenters. The van der Waals surface area contributed by atoms with E-state index in [-0.39, 0.29) is 5.78 Å². The lowest BCUT2D eigenvalue weighted by Gasteiger charge is -2.19. The Labute approximate surface area is 127 Å². The minimum absolute atomic E-state index is 0.0574. The van der Waals surface area contributed by atoms with Crippen molar-refractivity contribution < 1.29 is 14.3 Å². The van der Waals surface area contributed by atoms with Crippen LogP contribution >= 0.6 is 15.9 Å². The molecule has 0 aliphatic rings. The highest BCUT2D eigenvalue weighted by Gasteiger charge is 2.18. The first kappa shape index (κ1) is 16.7. The minimum Gasteiger partial charge on any atom is -0.444 e. The molecule has 1 N–H and O–H groups in total. The lowest BCUT2D eigenvalue weighted by molar-refractivity contribution is 0.0525. The summed E-state index contributed by atoms with van der Waals surface area (Å²) in [6, 6.07) is 0. The van der Waals surface area contributed by atoms with Crippen LogP contribution in [-0.2, 0) is 11.3 Å². The van der Waals surface area contributed by atoms with Crippen LogP contribution in [0.25, 0.3) is 0 Å². The van der Waals surface area contributed by atoms with E-state index in [1.54, 1.807) is 25.5 Å². The molecule has 112 valence electrons. The number of rotatable bonds is 4. The van der Waals surface area contributed by atoms with E-state index < -0.39 is 11.7 Å². The van der Waals surface area contributed by atoms with Crippen LogP contribution in [0.2, 0.25) is 0 Å². The number of amides is 1. The second kappa shape index (κ2) is 6.39. The highest BCUT2D eigenvalue weighted by Crippen LogP contribution is 2.19. The molecule has 0 spiro atoms. The van der Waals surface area contributed by atoms with Gasteiger partial charge in [-0.15, -0.1) is 0 Å². The summed E-state index contributed by atoms with van der Waals surface area (Å²) in [5.41, 5.74) is 0.817. The van der Waals surface area contributed by atoms with Crippen LogP contribution in [-0.4, -0.2) is 33.8 Å². The summed E-state index contributed by atoms with van der Waals surface area (Å²) < 4.78 is 7.35. The molecule has 6 nitrogen and oxygen atoms in total. The van der Waals surface area contributed by atoms with E-state index >= 15 is 0 Å². The average Bonchev–Trinajstić information content (AvgIpc) is 2.52. The third-order valence-corrected chi connectivity index (χ3v) is 3.21. The third-order valence-electron chi connectivity index (χ3n) is 2.46. The van der Waals surface area contributed by atoms with Gasteiger partial charge >= 0.3 is 6.09 Å². The van der Waals surface area contributed by atoms with Gasteiger partial charge in [-0.2, -0.15) is 5.10 Å². The quantitative estimate of drug-likeness (QED) is 0.851. The van der Waals surface area contributed by atoms with Crippen molar-refractivity contribution in [3.8, 4) is 0 Å². The van der Waals surface area contributed by atoms with Crippen molar-refractivity contribution >= 4 is 27.8 Å². The number of nitrogens with one attached hydrogen (secondary N) is 1. The predicted octanol–water partition coefficient (Wildman–Crippen LogP) is 2.68. The number of ketones is 1. The zero-order chi connectivity index (χ0) is 15.5. The number of carbonyl (C=O) groups excluding carboxylic acids is 2. The molecule has 1 rings (SSSR count). The van der Waals surface area contributed by atoms with E-state index in [9.17, 15) is 9.59 Å². The van der Waals surface area contributed by atoms with Gasteiger partial charge in [0.25, 0.3) is 0 Å². The van der Waals surface area contributed by atoms with Crippen LogP contribution in [0.3, 0.4) is 0 Å². The van der Waals surface area contributed by atoms with Crippen LogP contribution in [0.15, 0.2) is 4.60 Å². The van der Waals surface area contributed by atoms with Crippen molar-refractivity contribution in [2.24, 2.45) is 0 Å². The molecular weight excluding hydrogens is 326 g/mol. The van der Waals surface area contributed by atoms with Crippen LogP contribution in [0.5, 0.6) is 0 Å². The normalized spacial score (nSPS) is 11.3. The first-order chi connectivity index (χ1) is 9.11. The topological polar surface area (TPSA) is 73.2 Å². The zero-order valence-electron chi connectivity index (χ0n) is 12.4. The van der Waals surface area contributed by atoms with Gasteiger partial charge in [0.2, 0.25) is 0 Å². The molecule has 0 saturated heterocycles. The lowest BCUT2D eigenvalue weighted by atomic mass is 10.2. The molecule has 0 aliphatic heterocycles. The Hall–Kier alpha value is -1.37. The van der Waals surface area contributed by atoms with Gasteiger partial charge in [-0.25, -0.2) is 4.79 Å². The summed E-state index contributed by atoms with van der Waals surface area (Å²) in [5, 5.41) is 6.86. The highest BCUT2D eigenvalue weighted by atomic mass is 79.9. The van der Waals surface area contributed by atoms with Crippen LogP contribution in [0.4, 0.5) is 4.79 Å². The molecule has 1 heterocycles. The van der Waals surface area contributed by atoms with Crippen molar-refractivity contribution in [1.82, 2.24) is 15.1 Å². The molecule has 7 heteroatoms. The molecule has 0 aliphatic carbocycles. The second-order valence-electron chi connectivity index (χ2n) is 5.47. The van der Waals surface area contributed by atoms with E-state index in [0.29, 0.717) is 23.4 Å². The fraction of sp³-hybridized carbons (Fsp3) is 0.615. The molecule has 0 radical (unpaired) electrons. The Bertz CT molecular complexity index is 518. The summed E-state index contributed by atoms with van der Waals surface area (Å²) in [6.45, 7) is 9.46. The van der Waals surface area contributed by atoms with Crippen molar-refractivity contribution in [2.75, 3.05) is 6.54 Å². The number of halogens is 1. The lowest BCUT2D eigenvalue weighted by Crippen LogP contribution is -2.34. The van der Waals surface area contributed by atoms with Crippen molar-refractivity contribution in [3.63, 3.8) is 0 Å². The number of aromatic nitrogens is 2. The smallest absolute Gasteiger partial charge is 0.407 e. The first-order valence-electron chi connectivity index (χ1n) is 6.32. The maximum Gasteiger partial charge on any atom is 0.407 e. The molecule has 0 fully saturated rings. The maximum absolute atomic E-state index is 11.6. The van der Waals surface area contributed by atoms with Crippen molar-refractivity contribution in [2.45, 2.75) is 46.8 Å². The van der Waals surface area contributed by atoms with Gasteiger partial charge in [0.15, 0.2) is 5.78 Å². The number of carbonyl (C=O) groups is 2. The van der Waals surface area contributed by atoms with Crippen LogP contribution < -0.4 is 5.32 Å². The fourth-order valence-corrected chi connectivity index (χ4v) is 2.09. The Morgan fingerprint density at radius 3 is 2.50 bits per heavy atom. The monoisotopic (exact) mass is 345 g/mol. The Kier molecular flexibility index (Phi) is 5.33. The molecule has 0 saturated carbocycles. The van der Waals surface area contributed by atoms with Gasteiger partial charge in [0, 0.05) is 19.0 Å². The summed E-state index contributed by atoms with van der Waals surface area (Å²) in [4.78, 5) is 23.1. The molecule has 20 heavy (non-hydrogen) atoms. The summed E-state index contributed by atoms with van der Waals surface area (Å²) >= 11 is 3.30. The van der Waals surface area contributed by atoms with Gasteiger partial charge in [0.05, 0.1) is 6.54 Å². The van der Waals surface area contributed by atoms with Gasteiger partial charge in [-0.05, 0) is 43.6 Å². The standard InChI is InChI=1S/C13H20BrN3O3/c1-8-10(9(2)18)17(16-11(8)14)7-6-15-12(19)20-13(3,4)5/h6-7H2,1-5H3,(H,15,19). The summed E-state index contributed by atoms with van der Waals surface area (Å²) in [5.74, 6) is -0.0574. The Balaban J connectivity index is 2.61. The van der Waals surface area contributed by atoms with E-state index in [0.717, 1.165) is 5.56 Å². The summed E-state index contributed by atoms with van der Waals surface area (Å²) in [7, 11) is 0. The number of hydrogen-bond acceptors (Lipinski definition) is 4. The van der Waals surface area contributed by atoms with Gasteiger partial charge < -0.3 is 10.1 Å². The molecule has 0 atom stereocenters. The molecule has 1 amide bonds. The molecule has 1 aromatic rings. The predicted molar refractivity (Wildman–Crippen MR) is 78.9 cm³/mol. The fourth-order valence-electron chi connectivity index (χ4n) is 1.71. The molecule has 0 aromatic carbocycles.